The van der Waals surface area contributed by atoms with E-state index in [1.165, 1.54) is 12.8 Å². The minimum Gasteiger partial charge on any atom is -0.399 e. The predicted molar refractivity (Wildman–Crippen MR) is 74.7 cm³/mol. The van der Waals surface area contributed by atoms with E-state index in [-0.39, 0.29) is 6.03 Å². The van der Waals surface area contributed by atoms with E-state index in [0.29, 0.717) is 0 Å². The SMILES string of the molecule is CCCCCN1CCN(c2ccc(N)cc2)C1=O. The Hall–Kier alpha value is -1.71. The second-order valence-corrected chi connectivity index (χ2v) is 4.72. The molecule has 2 amide bonds. The van der Waals surface area contributed by atoms with Crippen LogP contribution in [0.15, 0.2) is 24.3 Å². The van der Waals surface area contributed by atoms with Gasteiger partial charge in [0.05, 0.1) is 0 Å². The van der Waals surface area contributed by atoms with Crippen molar-refractivity contribution in [3.8, 4) is 0 Å². The van der Waals surface area contributed by atoms with Crippen LogP contribution in [0.3, 0.4) is 0 Å². The Morgan fingerprint density at radius 3 is 2.56 bits per heavy atom. The zero-order valence-corrected chi connectivity index (χ0v) is 10.9. The summed E-state index contributed by atoms with van der Waals surface area (Å²) in [5.74, 6) is 0. The molecular weight excluding hydrogens is 226 g/mol. The first-order valence-electron chi connectivity index (χ1n) is 6.64. The molecule has 4 nitrogen and oxygen atoms in total. The van der Waals surface area contributed by atoms with Gasteiger partial charge in [0.2, 0.25) is 0 Å². The highest BCUT2D eigenvalue weighted by atomic mass is 16.2. The Morgan fingerprint density at radius 2 is 1.89 bits per heavy atom. The Bertz CT molecular complexity index is 402. The summed E-state index contributed by atoms with van der Waals surface area (Å²) in [7, 11) is 0. The molecule has 18 heavy (non-hydrogen) atoms. The molecule has 1 fully saturated rings. The van der Waals surface area contributed by atoms with Gasteiger partial charge in [0.1, 0.15) is 0 Å². The Labute approximate surface area is 108 Å². The highest BCUT2D eigenvalue weighted by Gasteiger charge is 2.28. The van der Waals surface area contributed by atoms with Crippen LogP contribution in [0.25, 0.3) is 0 Å². The van der Waals surface area contributed by atoms with Crippen LogP contribution < -0.4 is 10.6 Å². The van der Waals surface area contributed by atoms with Crippen LogP contribution in [0.5, 0.6) is 0 Å². The molecule has 0 spiro atoms. The normalized spacial score (nSPS) is 15.5. The summed E-state index contributed by atoms with van der Waals surface area (Å²) >= 11 is 0. The van der Waals surface area contributed by atoms with Crippen molar-refractivity contribution < 1.29 is 4.79 Å². The van der Waals surface area contributed by atoms with Gasteiger partial charge in [-0.3, -0.25) is 4.90 Å². The van der Waals surface area contributed by atoms with Gasteiger partial charge >= 0.3 is 6.03 Å². The van der Waals surface area contributed by atoms with E-state index >= 15 is 0 Å². The van der Waals surface area contributed by atoms with E-state index in [2.05, 4.69) is 6.92 Å². The minimum atomic E-state index is 0.121. The third-order valence-corrected chi connectivity index (χ3v) is 3.33. The second-order valence-electron chi connectivity index (χ2n) is 4.72. The maximum atomic E-state index is 12.2. The molecule has 1 saturated heterocycles. The molecule has 1 aliphatic heterocycles. The molecule has 0 bridgehead atoms. The lowest BCUT2D eigenvalue weighted by Gasteiger charge is -2.18. The molecule has 1 aliphatic rings. The van der Waals surface area contributed by atoms with Crippen LogP contribution in [-0.4, -0.2) is 30.6 Å². The van der Waals surface area contributed by atoms with E-state index in [1.807, 2.05) is 34.1 Å². The van der Waals surface area contributed by atoms with Gasteiger partial charge in [-0.15, -0.1) is 0 Å². The minimum absolute atomic E-state index is 0.121. The maximum Gasteiger partial charge on any atom is 0.324 e. The van der Waals surface area contributed by atoms with E-state index in [0.717, 1.165) is 37.4 Å². The van der Waals surface area contributed by atoms with E-state index in [1.54, 1.807) is 0 Å². The molecule has 2 rings (SSSR count). The average molecular weight is 247 g/mol. The summed E-state index contributed by atoms with van der Waals surface area (Å²) < 4.78 is 0. The Morgan fingerprint density at radius 1 is 1.17 bits per heavy atom. The molecule has 1 heterocycles. The van der Waals surface area contributed by atoms with Crippen molar-refractivity contribution in [1.29, 1.82) is 0 Å². The second kappa shape index (κ2) is 5.76. The van der Waals surface area contributed by atoms with E-state index < -0.39 is 0 Å². The lowest BCUT2D eigenvalue weighted by atomic mass is 10.2. The van der Waals surface area contributed by atoms with Gasteiger partial charge in [0.15, 0.2) is 0 Å². The molecule has 0 radical (unpaired) electrons. The number of urea groups is 1. The number of hydrogen-bond donors (Lipinski definition) is 1. The van der Waals surface area contributed by atoms with Gasteiger partial charge in [-0.2, -0.15) is 0 Å². The van der Waals surface area contributed by atoms with Crippen LogP contribution in [0, 0.1) is 0 Å². The van der Waals surface area contributed by atoms with Gasteiger partial charge in [0, 0.05) is 31.0 Å². The van der Waals surface area contributed by atoms with E-state index in [9.17, 15) is 4.79 Å². The number of carbonyl (C=O) groups excluding carboxylic acids is 1. The number of amides is 2. The zero-order chi connectivity index (χ0) is 13.0. The fourth-order valence-electron chi connectivity index (χ4n) is 2.24. The third-order valence-electron chi connectivity index (χ3n) is 3.33. The molecular formula is C14H21N3O. The molecule has 0 atom stereocenters. The van der Waals surface area contributed by atoms with Crippen LogP contribution in [0.2, 0.25) is 0 Å². The van der Waals surface area contributed by atoms with Crippen LogP contribution >= 0.6 is 0 Å². The molecule has 1 aromatic carbocycles. The molecule has 0 aromatic heterocycles. The summed E-state index contributed by atoms with van der Waals surface area (Å²) in [5, 5.41) is 0. The molecule has 0 aliphatic carbocycles. The van der Waals surface area contributed by atoms with Crippen LogP contribution in [0.4, 0.5) is 16.2 Å². The summed E-state index contributed by atoms with van der Waals surface area (Å²) in [6, 6.07) is 7.60. The predicted octanol–water partition coefficient (Wildman–Crippen LogP) is 2.70. The number of nitrogens with two attached hydrogens (primary N) is 1. The van der Waals surface area contributed by atoms with Crippen molar-refractivity contribution in [3.05, 3.63) is 24.3 Å². The van der Waals surface area contributed by atoms with E-state index in [4.69, 9.17) is 5.73 Å². The third kappa shape index (κ3) is 2.75. The van der Waals surface area contributed by atoms with Crippen molar-refractivity contribution in [2.45, 2.75) is 26.2 Å². The maximum absolute atomic E-state index is 12.2. The fraction of sp³-hybridized carbons (Fsp3) is 0.500. The zero-order valence-electron chi connectivity index (χ0n) is 10.9. The summed E-state index contributed by atoms with van der Waals surface area (Å²) in [5.41, 5.74) is 7.32. The van der Waals surface area contributed by atoms with Gasteiger partial charge in [0.25, 0.3) is 0 Å². The highest BCUT2D eigenvalue weighted by molar-refractivity contribution is 5.94. The monoisotopic (exact) mass is 247 g/mol. The number of nitrogen functional groups attached to an aromatic ring is 1. The molecule has 98 valence electrons. The topological polar surface area (TPSA) is 49.6 Å². The van der Waals surface area contributed by atoms with Crippen molar-refractivity contribution in [2.24, 2.45) is 0 Å². The van der Waals surface area contributed by atoms with Crippen molar-refractivity contribution >= 4 is 17.4 Å². The Kier molecular flexibility index (Phi) is 4.07. The van der Waals surface area contributed by atoms with Crippen molar-refractivity contribution in [3.63, 3.8) is 0 Å². The number of benzene rings is 1. The number of carbonyl (C=O) groups is 1. The molecule has 4 heteroatoms. The largest absolute Gasteiger partial charge is 0.399 e. The first-order valence-corrected chi connectivity index (χ1v) is 6.64. The van der Waals surface area contributed by atoms with Gasteiger partial charge in [-0.1, -0.05) is 19.8 Å². The summed E-state index contributed by atoms with van der Waals surface area (Å²) in [4.78, 5) is 16.0. The first kappa shape index (κ1) is 12.7. The molecule has 2 N–H and O–H groups in total. The van der Waals surface area contributed by atoms with Gasteiger partial charge in [-0.25, -0.2) is 4.79 Å². The lowest BCUT2D eigenvalue weighted by Crippen LogP contribution is -2.32. The number of anilines is 2. The first-order chi connectivity index (χ1) is 8.72. The van der Waals surface area contributed by atoms with Crippen LogP contribution in [-0.2, 0) is 0 Å². The molecule has 0 unspecified atom stereocenters. The highest BCUT2D eigenvalue weighted by Crippen LogP contribution is 2.21. The number of hydrogen-bond acceptors (Lipinski definition) is 2. The number of unbranched alkanes of at least 4 members (excludes halogenated alkanes) is 2. The smallest absolute Gasteiger partial charge is 0.324 e. The summed E-state index contributed by atoms with van der Waals surface area (Å²) in [6.45, 7) is 4.65. The molecule has 0 saturated carbocycles. The van der Waals surface area contributed by atoms with Gasteiger partial charge in [-0.05, 0) is 30.7 Å². The lowest BCUT2D eigenvalue weighted by molar-refractivity contribution is 0.219. The van der Waals surface area contributed by atoms with Gasteiger partial charge < -0.3 is 10.6 Å². The van der Waals surface area contributed by atoms with Crippen LogP contribution in [0.1, 0.15) is 26.2 Å². The molecule has 1 aromatic rings. The standard InChI is InChI=1S/C14H21N3O/c1-2-3-4-9-16-10-11-17(14(16)18)13-7-5-12(15)6-8-13/h5-8H,2-4,9-11,15H2,1H3. The fourth-order valence-corrected chi connectivity index (χ4v) is 2.24. The van der Waals surface area contributed by atoms with Crippen molar-refractivity contribution in [1.82, 2.24) is 4.90 Å². The quantitative estimate of drug-likeness (QED) is 0.642. The number of nitrogens with zero attached hydrogens (tertiary/aromatic N) is 2. The average Bonchev–Trinajstić information content (AvgIpc) is 2.73. The summed E-state index contributed by atoms with van der Waals surface area (Å²) in [6.07, 6.45) is 3.47. The Balaban J connectivity index is 1.96. The van der Waals surface area contributed by atoms with Crippen molar-refractivity contribution in [2.75, 3.05) is 30.3 Å². The number of rotatable bonds is 5.